The van der Waals surface area contributed by atoms with E-state index >= 15 is 0 Å². The number of hydrogen-bond donors (Lipinski definition) is 0. The lowest BCUT2D eigenvalue weighted by Gasteiger charge is -2.21. The Hall–Kier alpha value is -1.31. The largest absolute Gasteiger partial charge is 0.308 e. The van der Waals surface area contributed by atoms with Crippen molar-refractivity contribution >= 4 is 68.4 Å². The van der Waals surface area contributed by atoms with Crippen molar-refractivity contribution in [3.63, 3.8) is 0 Å². The normalized spacial score (nSPS) is 11.0. The number of carbonyl (C=O) groups is 1. The number of rotatable bonds is 7. The predicted octanol–water partition coefficient (Wildman–Crippen LogP) is 5.68. The first-order valence-electron chi connectivity index (χ1n) is 9.05. The second kappa shape index (κ2) is 10.6. The Morgan fingerprint density at radius 1 is 1.10 bits per heavy atom. The molecule has 0 fully saturated rings. The molecule has 8 heteroatoms. The van der Waals surface area contributed by atoms with Crippen LogP contribution in [0.1, 0.15) is 11.1 Å². The molecule has 0 aliphatic heterocycles. The molecule has 0 aliphatic carbocycles. The van der Waals surface area contributed by atoms with Crippen LogP contribution in [0.2, 0.25) is 5.02 Å². The second-order valence-electron chi connectivity index (χ2n) is 6.99. The van der Waals surface area contributed by atoms with Gasteiger partial charge >= 0.3 is 0 Å². The number of aryl methyl sites for hydroxylation is 2. The van der Waals surface area contributed by atoms with Crippen molar-refractivity contribution in [1.29, 1.82) is 0 Å². The number of halogens is 2. The highest BCUT2D eigenvalue weighted by atomic mass is 35.5. The van der Waals surface area contributed by atoms with E-state index in [1.54, 1.807) is 16.7 Å². The van der Waals surface area contributed by atoms with Crippen LogP contribution in [0.5, 0.6) is 0 Å². The van der Waals surface area contributed by atoms with Crippen LogP contribution in [0.3, 0.4) is 0 Å². The summed E-state index contributed by atoms with van der Waals surface area (Å²) in [5, 5.41) is 1.39. The summed E-state index contributed by atoms with van der Waals surface area (Å²) in [6.07, 6.45) is 0. The summed E-state index contributed by atoms with van der Waals surface area (Å²) >= 11 is 9.40. The molecular formula is C21H25Cl2N3OS2. The van der Waals surface area contributed by atoms with Crippen LogP contribution in [0.25, 0.3) is 10.2 Å². The van der Waals surface area contributed by atoms with Crippen LogP contribution in [0, 0.1) is 13.8 Å². The van der Waals surface area contributed by atoms with Crippen LogP contribution >= 0.6 is 47.1 Å². The summed E-state index contributed by atoms with van der Waals surface area (Å²) < 4.78 is 0.936. The van der Waals surface area contributed by atoms with E-state index in [9.17, 15) is 4.79 Å². The zero-order chi connectivity index (χ0) is 20.3. The molecule has 0 N–H and O–H groups in total. The Kier molecular flexibility index (Phi) is 8.79. The van der Waals surface area contributed by atoms with E-state index in [-0.39, 0.29) is 18.3 Å². The number of hydrogen-bond acceptors (Lipinski definition) is 5. The van der Waals surface area contributed by atoms with Crippen molar-refractivity contribution in [2.45, 2.75) is 18.7 Å². The van der Waals surface area contributed by atoms with Gasteiger partial charge in [0.1, 0.15) is 0 Å². The van der Waals surface area contributed by atoms with Gasteiger partial charge in [-0.1, -0.05) is 46.7 Å². The van der Waals surface area contributed by atoms with Gasteiger partial charge in [-0.05, 0) is 51.7 Å². The van der Waals surface area contributed by atoms with Crippen molar-refractivity contribution in [1.82, 2.24) is 9.88 Å². The van der Waals surface area contributed by atoms with E-state index < -0.39 is 0 Å². The summed E-state index contributed by atoms with van der Waals surface area (Å²) in [5.41, 5.74) is 3.15. The highest BCUT2D eigenvalue weighted by molar-refractivity contribution is 8.00. The molecule has 4 nitrogen and oxygen atoms in total. The highest BCUT2D eigenvalue weighted by Gasteiger charge is 2.21. The maximum atomic E-state index is 13.1. The third-order valence-corrected chi connectivity index (χ3v) is 6.91. The first-order chi connectivity index (χ1) is 13.3. The fraction of sp³-hybridized carbons (Fsp3) is 0.333. The van der Waals surface area contributed by atoms with Gasteiger partial charge in [0, 0.05) is 18.0 Å². The Labute approximate surface area is 191 Å². The fourth-order valence-electron chi connectivity index (χ4n) is 2.69. The Morgan fingerprint density at radius 3 is 2.41 bits per heavy atom. The zero-order valence-corrected chi connectivity index (χ0v) is 20.1. The summed E-state index contributed by atoms with van der Waals surface area (Å²) in [5.74, 6) is 0.430. The van der Waals surface area contributed by atoms with Crippen molar-refractivity contribution < 1.29 is 4.79 Å². The molecule has 0 saturated heterocycles. The summed E-state index contributed by atoms with van der Waals surface area (Å²) in [4.78, 5) is 22.8. The first-order valence-corrected chi connectivity index (χ1v) is 11.2. The van der Waals surface area contributed by atoms with E-state index in [4.69, 9.17) is 16.6 Å². The minimum atomic E-state index is 0. The molecule has 1 heterocycles. The topological polar surface area (TPSA) is 36.4 Å². The molecule has 2 aromatic carbocycles. The quantitative estimate of drug-likeness (QED) is 0.417. The fourth-order valence-corrected chi connectivity index (χ4v) is 4.83. The number of thioether (sulfide) groups is 1. The number of likely N-dealkylation sites (N-methyl/N-ethyl adjacent to an activating group) is 1. The Morgan fingerprint density at radius 2 is 1.79 bits per heavy atom. The minimum Gasteiger partial charge on any atom is -0.308 e. The highest BCUT2D eigenvalue weighted by Crippen LogP contribution is 2.36. The monoisotopic (exact) mass is 469 g/mol. The minimum absolute atomic E-state index is 0. The zero-order valence-electron chi connectivity index (χ0n) is 16.9. The van der Waals surface area contributed by atoms with Gasteiger partial charge in [-0.3, -0.25) is 9.69 Å². The van der Waals surface area contributed by atoms with Crippen LogP contribution in [0.4, 0.5) is 5.13 Å². The van der Waals surface area contributed by atoms with Crippen LogP contribution in [-0.2, 0) is 4.79 Å². The molecule has 29 heavy (non-hydrogen) atoms. The van der Waals surface area contributed by atoms with Gasteiger partial charge in [-0.15, -0.1) is 24.2 Å². The molecule has 0 saturated carbocycles. The number of fused-ring (bicyclic) bond motifs is 1. The molecule has 1 aromatic heterocycles. The van der Waals surface area contributed by atoms with Crippen LogP contribution in [-0.4, -0.2) is 48.7 Å². The number of carbonyl (C=O) groups excluding carboxylic acids is 1. The summed E-state index contributed by atoms with van der Waals surface area (Å²) in [6, 6.07) is 12.1. The summed E-state index contributed by atoms with van der Waals surface area (Å²) in [7, 11) is 4.01. The SMILES string of the molecule is Cc1ccc(SCC(=O)N(CCN(C)C)c2nc3c(C)ccc(Cl)c3s2)cc1.Cl. The smallest absolute Gasteiger partial charge is 0.239 e. The Bertz CT molecular complexity index is 935. The third-order valence-electron chi connectivity index (χ3n) is 4.37. The van der Waals surface area contributed by atoms with Gasteiger partial charge < -0.3 is 4.90 Å². The molecule has 0 radical (unpaired) electrons. The van der Waals surface area contributed by atoms with Gasteiger partial charge in [0.05, 0.1) is 21.0 Å². The van der Waals surface area contributed by atoms with E-state index in [1.165, 1.54) is 16.9 Å². The Balaban J connectivity index is 0.00000300. The predicted molar refractivity (Wildman–Crippen MR) is 129 cm³/mol. The first kappa shape index (κ1) is 24.0. The van der Waals surface area contributed by atoms with Crippen molar-refractivity contribution in [2.75, 3.05) is 37.8 Å². The van der Waals surface area contributed by atoms with Gasteiger partial charge in [-0.2, -0.15) is 0 Å². The number of amides is 1. The van der Waals surface area contributed by atoms with Crippen LogP contribution < -0.4 is 4.90 Å². The number of anilines is 1. The summed E-state index contributed by atoms with van der Waals surface area (Å²) in [6.45, 7) is 5.44. The van der Waals surface area contributed by atoms with E-state index in [2.05, 4.69) is 36.1 Å². The average molecular weight is 470 g/mol. The van der Waals surface area contributed by atoms with Crippen molar-refractivity contribution in [3.8, 4) is 0 Å². The second-order valence-corrected chi connectivity index (χ2v) is 9.42. The molecule has 0 spiro atoms. The molecule has 0 atom stereocenters. The third kappa shape index (κ3) is 6.09. The number of benzene rings is 2. The lowest BCUT2D eigenvalue weighted by atomic mass is 10.2. The van der Waals surface area contributed by atoms with E-state index in [0.717, 1.165) is 27.2 Å². The number of thiazole rings is 1. The van der Waals surface area contributed by atoms with Crippen LogP contribution in [0.15, 0.2) is 41.3 Å². The van der Waals surface area contributed by atoms with Gasteiger partial charge in [0.15, 0.2) is 5.13 Å². The van der Waals surface area contributed by atoms with Gasteiger partial charge in [0.2, 0.25) is 5.91 Å². The average Bonchev–Trinajstić information content (AvgIpc) is 3.10. The molecule has 3 aromatic rings. The molecule has 156 valence electrons. The molecular weight excluding hydrogens is 445 g/mol. The maximum Gasteiger partial charge on any atom is 0.239 e. The molecule has 3 rings (SSSR count). The number of nitrogens with zero attached hydrogens (tertiary/aromatic N) is 3. The van der Waals surface area contributed by atoms with Gasteiger partial charge in [0.25, 0.3) is 0 Å². The lowest BCUT2D eigenvalue weighted by Crippen LogP contribution is -2.37. The molecule has 1 amide bonds. The van der Waals surface area contributed by atoms with E-state index in [0.29, 0.717) is 22.5 Å². The van der Waals surface area contributed by atoms with E-state index in [1.807, 2.05) is 33.2 Å². The standard InChI is InChI=1S/C21H24ClN3OS2.ClH/c1-14-5-8-16(9-6-14)27-13-18(26)25(12-11-24(3)4)21-23-19-15(2)7-10-17(22)20(19)28-21;/h5-10H,11-13H2,1-4H3;1H. The van der Waals surface area contributed by atoms with Crippen molar-refractivity contribution in [2.24, 2.45) is 0 Å². The maximum absolute atomic E-state index is 13.1. The molecule has 0 bridgehead atoms. The lowest BCUT2D eigenvalue weighted by molar-refractivity contribution is -0.116. The van der Waals surface area contributed by atoms with Crippen molar-refractivity contribution in [3.05, 3.63) is 52.5 Å². The molecule has 0 aliphatic rings. The van der Waals surface area contributed by atoms with Gasteiger partial charge in [-0.25, -0.2) is 4.98 Å². The number of aromatic nitrogens is 1. The molecule has 0 unspecified atom stereocenters.